The third-order valence-corrected chi connectivity index (χ3v) is 2.37. The summed E-state index contributed by atoms with van der Waals surface area (Å²) in [6.07, 6.45) is 4.54. The van der Waals surface area contributed by atoms with Crippen molar-refractivity contribution in [3.63, 3.8) is 0 Å². The first kappa shape index (κ1) is 9.21. The Morgan fingerprint density at radius 3 is 3.00 bits per heavy atom. The second-order valence-electron chi connectivity index (χ2n) is 3.02. The number of nitrogens with one attached hydrogen (secondary N) is 1. The minimum atomic E-state index is 0.769. The van der Waals surface area contributed by atoms with Gasteiger partial charge in [-0.1, -0.05) is 23.7 Å². The maximum atomic E-state index is 5.92. The first-order valence-electron chi connectivity index (χ1n) is 4.51. The number of halogens is 1. The SMILES string of the molecule is CCc1cc(Cl)ccc1-[n+]1ccn[nH]1. The van der Waals surface area contributed by atoms with Gasteiger partial charge in [-0.3, -0.25) is 0 Å². The molecule has 0 aliphatic carbocycles. The molecular weight excluding hydrogens is 198 g/mol. The molecule has 3 nitrogen and oxygen atoms in total. The maximum absolute atomic E-state index is 5.92. The lowest BCUT2D eigenvalue weighted by Gasteiger charge is -2.02. The zero-order chi connectivity index (χ0) is 9.97. The summed E-state index contributed by atoms with van der Waals surface area (Å²) in [5, 5.41) is 7.54. The molecule has 0 saturated carbocycles. The van der Waals surface area contributed by atoms with Crippen LogP contribution in [0.25, 0.3) is 5.69 Å². The zero-order valence-electron chi connectivity index (χ0n) is 7.87. The van der Waals surface area contributed by atoms with Gasteiger partial charge in [0.15, 0.2) is 11.9 Å². The highest BCUT2D eigenvalue weighted by molar-refractivity contribution is 6.30. The number of hydrogen-bond acceptors (Lipinski definition) is 1. The van der Waals surface area contributed by atoms with Crippen LogP contribution >= 0.6 is 11.6 Å². The first-order valence-corrected chi connectivity index (χ1v) is 4.89. The standard InChI is InChI=1S/C10H10ClN3/c1-2-8-7-9(11)3-4-10(8)14-6-5-12-13-14/h3-7H,2H2,1H3/p+1. The number of rotatable bonds is 2. The highest BCUT2D eigenvalue weighted by Gasteiger charge is 2.08. The fourth-order valence-electron chi connectivity index (χ4n) is 1.44. The third-order valence-electron chi connectivity index (χ3n) is 2.14. The van der Waals surface area contributed by atoms with E-state index in [9.17, 15) is 0 Å². The second kappa shape index (κ2) is 3.80. The summed E-state index contributed by atoms with van der Waals surface area (Å²) in [4.78, 5) is 0. The molecule has 2 rings (SSSR count). The molecule has 0 amide bonds. The van der Waals surface area contributed by atoms with E-state index in [0.29, 0.717) is 0 Å². The lowest BCUT2D eigenvalue weighted by Crippen LogP contribution is -2.33. The van der Waals surface area contributed by atoms with Crippen molar-refractivity contribution in [2.75, 3.05) is 0 Å². The van der Waals surface area contributed by atoms with Gasteiger partial charge in [0, 0.05) is 15.7 Å². The summed E-state index contributed by atoms with van der Waals surface area (Å²) in [5.74, 6) is 0. The Bertz CT molecular complexity index is 423. The van der Waals surface area contributed by atoms with Gasteiger partial charge >= 0.3 is 0 Å². The van der Waals surface area contributed by atoms with Gasteiger partial charge in [0.25, 0.3) is 0 Å². The normalized spacial score (nSPS) is 10.4. The third kappa shape index (κ3) is 1.63. The Balaban J connectivity index is 2.53. The molecule has 1 aromatic carbocycles. The van der Waals surface area contributed by atoms with Crippen molar-refractivity contribution in [3.8, 4) is 5.69 Å². The molecule has 0 saturated heterocycles. The molecule has 0 radical (unpaired) electrons. The van der Waals surface area contributed by atoms with E-state index in [1.165, 1.54) is 5.56 Å². The second-order valence-corrected chi connectivity index (χ2v) is 3.46. The van der Waals surface area contributed by atoms with Crippen LogP contribution < -0.4 is 4.68 Å². The number of hydrogen-bond donors (Lipinski definition) is 1. The molecule has 72 valence electrons. The number of aromatic amines is 1. The van der Waals surface area contributed by atoms with Crippen LogP contribution in [0.5, 0.6) is 0 Å². The van der Waals surface area contributed by atoms with Crippen LogP contribution in [0.4, 0.5) is 0 Å². The van der Waals surface area contributed by atoms with Crippen molar-refractivity contribution in [2.24, 2.45) is 0 Å². The molecule has 0 aliphatic rings. The minimum absolute atomic E-state index is 0.769. The summed E-state index contributed by atoms with van der Waals surface area (Å²) in [6.45, 7) is 2.10. The lowest BCUT2D eigenvalue weighted by atomic mass is 10.1. The van der Waals surface area contributed by atoms with E-state index in [1.54, 1.807) is 6.20 Å². The largest absolute Gasteiger partial charge is 0.206 e. The monoisotopic (exact) mass is 208 g/mol. The van der Waals surface area contributed by atoms with Gasteiger partial charge in [0.05, 0.1) is 0 Å². The van der Waals surface area contributed by atoms with Gasteiger partial charge in [-0.2, -0.15) is 0 Å². The van der Waals surface area contributed by atoms with Crippen LogP contribution in [-0.2, 0) is 6.42 Å². The molecule has 1 aromatic heterocycles. The van der Waals surface area contributed by atoms with E-state index in [4.69, 9.17) is 11.6 Å². The fourth-order valence-corrected chi connectivity index (χ4v) is 1.63. The fraction of sp³-hybridized carbons (Fsp3) is 0.200. The first-order chi connectivity index (χ1) is 6.81. The number of aryl methyl sites for hydroxylation is 1. The molecule has 0 bridgehead atoms. The summed E-state index contributed by atoms with van der Waals surface area (Å²) >= 11 is 5.92. The lowest BCUT2D eigenvalue weighted by molar-refractivity contribution is -0.660. The molecule has 1 heterocycles. The predicted molar refractivity (Wildman–Crippen MR) is 54.5 cm³/mol. The Morgan fingerprint density at radius 2 is 2.36 bits per heavy atom. The average molecular weight is 209 g/mol. The van der Waals surface area contributed by atoms with E-state index < -0.39 is 0 Å². The van der Waals surface area contributed by atoms with Crippen LogP contribution in [0.15, 0.2) is 30.6 Å². The van der Waals surface area contributed by atoms with E-state index in [0.717, 1.165) is 17.1 Å². The maximum Gasteiger partial charge on any atom is 0.206 e. The topological polar surface area (TPSA) is 32.6 Å². The van der Waals surface area contributed by atoms with Gasteiger partial charge < -0.3 is 0 Å². The molecule has 0 atom stereocenters. The Kier molecular flexibility index (Phi) is 2.50. The van der Waals surface area contributed by atoms with E-state index in [1.807, 2.05) is 29.1 Å². The van der Waals surface area contributed by atoms with Gasteiger partial charge in [-0.05, 0) is 24.6 Å². The van der Waals surface area contributed by atoms with E-state index in [2.05, 4.69) is 17.2 Å². The number of H-pyrrole nitrogens is 1. The van der Waals surface area contributed by atoms with Gasteiger partial charge in [-0.15, -0.1) is 4.68 Å². The van der Waals surface area contributed by atoms with E-state index in [-0.39, 0.29) is 0 Å². The molecule has 0 aliphatic heterocycles. The molecule has 4 heteroatoms. The average Bonchev–Trinajstić information content (AvgIpc) is 2.70. The minimum Gasteiger partial charge on any atom is -0.128 e. The summed E-state index contributed by atoms with van der Waals surface area (Å²) in [6, 6.07) is 5.84. The van der Waals surface area contributed by atoms with Gasteiger partial charge in [-0.25, -0.2) is 0 Å². The quantitative estimate of drug-likeness (QED) is 0.752. The Morgan fingerprint density at radius 1 is 1.50 bits per heavy atom. The highest BCUT2D eigenvalue weighted by atomic mass is 35.5. The number of benzene rings is 1. The van der Waals surface area contributed by atoms with Crippen LogP contribution in [0.3, 0.4) is 0 Å². The molecule has 0 unspecified atom stereocenters. The Labute approximate surface area is 87.3 Å². The molecule has 1 N–H and O–H groups in total. The molecular formula is C10H11ClN3+. The van der Waals surface area contributed by atoms with Crippen molar-refractivity contribution < 1.29 is 4.68 Å². The van der Waals surface area contributed by atoms with Crippen LogP contribution in [0.2, 0.25) is 5.02 Å². The molecule has 0 spiro atoms. The van der Waals surface area contributed by atoms with Gasteiger partial charge in [0.1, 0.15) is 0 Å². The van der Waals surface area contributed by atoms with Crippen molar-refractivity contribution >= 4 is 11.6 Å². The smallest absolute Gasteiger partial charge is 0.128 e. The zero-order valence-corrected chi connectivity index (χ0v) is 8.62. The van der Waals surface area contributed by atoms with Crippen LogP contribution in [0, 0.1) is 0 Å². The molecule has 14 heavy (non-hydrogen) atoms. The van der Waals surface area contributed by atoms with Crippen LogP contribution in [-0.4, -0.2) is 10.3 Å². The van der Waals surface area contributed by atoms with Crippen molar-refractivity contribution in [1.82, 2.24) is 10.3 Å². The Hall–Kier alpha value is -1.35. The van der Waals surface area contributed by atoms with Crippen molar-refractivity contribution in [3.05, 3.63) is 41.2 Å². The highest BCUT2D eigenvalue weighted by Crippen LogP contribution is 2.16. The summed E-state index contributed by atoms with van der Waals surface area (Å²) in [5.41, 5.74) is 2.29. The van der Waals surface area contributed by atoms with Crippen molar-refractivity contribution in [2.45, 2.75) is 13.3 Å². The summed E-state index contributed by atoms with van der Waals surface area (Å²) < 4.78 is 1.87. The number of nitrogens with zero attached hydrogens (tertiary/aromatic N) is 2. The van der Waals surface area contributed by atoms with E-state index >= 15 is 0 Å². The number of aromatic nitrogens is 3. The summed E-state index contributed by atoms with van der Waals surface area (Å²) in [7, 11) is 0. The predicted octanol–water partition coefficient (Wildman–Crippen LogP) is 1.90. The van der Waals surface area contributed by atoms with Crippen LogP contribution in [0.1, 0.15) is 12.5 Å². The van der Waals surface area contributed by atoms with Gasteiger partial charge in [0.2, 0.25) is 6.20 Å². The molecule has 2 aromatic rings. The van der Waals surface area contributed by atoms with Crippen molar-refractivity contribution in [1.29, 1.82) is 0 Å². The molecule has 0 fully saturated rings.